The predicted octanol–water partition coefficient (Wildman–Crippen LogP) is 4.70. The third-order valence-corrected chi connectivity index (χ3v) is 3.18. The molecule has 13 heteroatoms. The highest BCUT2D eigenvalue weighted by atomic mass is 32.1. The topological polar surface area (TPSA) is 20.2 Å². The Kier molecular flexibility index (Phi) is 4.89. The van der Waals surface area contributed by atoms with Gasteiger partial charge in [0.1, 0.15) is 5.82 Å². The Hall–Kier alpha value is -1.24. The van der Waals surface area contributed by atoms with Crippen LogP contribution >= 0.6 is 12.6 Å². The first-order valence-corrected chi connectivity index (χ1v) is 5.96. The summed E-state index contributed by atoms with van der Waals surface area (Å²) < 4.78 is 141. The van der Waals surface area contributed by atoms with Crippen LogP contribution in [0.5, 0.6) is 0 Å². The van der Waals surface area contributed by atoms with Gasteiger partial charge in [-0.2, -0.15) is 43.9 Å². The average molecular weight is 394 g/mol. The van der Waals surface area contributed by atoms with Crippen LogP contribution in [-0.2, 0) is 5.60 Å². The number of alkyl halides is 10. The van der Waals surface area contributed by atoms with Gasteiger partial charge in [-0.1, -0.05) is 0 Å². The highest BCUT2D eigenvalue weighted by molar-refractivity contribution is 7.80. The van der Waals surface area contributed by atoms with Gasteiger partial charge in [-0.3, -0.25) is 0 Å². The van der Waals surface area contributed by atoms with E-state index in [4.69, 9.17) is 0 Å². The molecule has 0 saturated carbocycles. The van der Waals surface area contributed by atoms with Crippen molar-refractivity contribution in [1.29, 1.82) is 0 Å². The van der Waals surface area contributed by atoms with E-state index in [1.807, 2.05) is 0 Å². The molecule has 1 rings (SSSR count). The number of aliphatic hydroxyl groups is 1. The Morgan fingerprint density at radius 2 is 1.08 bits per heavy atom. The molecule has 138 valence electrons. The molecule has 0 heterocycles. The summed E-state index contributed by atoms with van der Waals surface area (Å²) in [6, 6.07) is -0.338. The highest BCUT2D eigenvalue weighted by Gasteiger charge is 2.85. The standard InChI is InChI=1S/C11H5F11OS/c12-5-1-4(2-6(24)3-5)7(23,8(13,14)10(17,18)19)9(15,16)11(20,21)22/h1-3,23-24H. The largest absolute Gasteiger partial charge is 0.457 e. The first kappa shape index (κ1) is 20.8. The van der Waals surface area contributed by atoms with Crippen LogP contribution in [-0.4, -0.2) is 29.3 Å². The van der Waals surface area contributed by atoms with Crippen LogP contribution in [0.2, 0.25) is 0 Å². The van der Waals surface area contributed by atoms with Crippen LogP contribution in [0.1, 0.15) is 5.56 Å². The van der Waals surface area contributed by atoms with E-state index in [1.54, 1.807) is 0 Å². The normalized spacial score (nSPS) is 14.9. The van der Waals surface area contributed by atoms with Gasteiger partial charge in [-0.25, -0.2) is 4.39 Å². The number of hydrogen-bond acceptors (Lipinski definition) is 2. The molecular formula is C11H5F11OS. The van der Waals surface area contributed by atoms with Gasteiger partial charge in [0, 0.05) is 10.5 Å². The zero-order valence-corrected chi connectivity index (χ0v) is 11.7. The fraction of sp³-hybridized carbons (Fsp3) is 0.455. The molecule has 1 aromatic carbocycles. The van der Waals surface area contributed by atoms with Gasteiger partial charge in [0.15, 0.2) is 0 Å². The van der Waals surface area contributed by atoms with Gasteiger partial charge < -0.3 is 5.11 Å². The van der Waals surface area contributed by atoms with Crippen LogP contribution < -0.4 is 0 Å². The maximum atomic E-state index is 13.5. The summed E-state index contributed by atoms with van der Waals surface area (Å²) in [6.45, 7) is 0. The quantitative estimate of drug-likeness (QED) is 0.563. The Balaban J connectivity index is 3.91. The molecule has 0 radical (unpaired) electrons. The lowest BCUT2D eigenvalue weighted by atomic mass is 9.80. The van der Waals surface area contributed by atoms with Crippen molar-refractivity contribution in [3.63, 3.8) is 0 Å². The molecule has 1 aromatic rings. The highest BCUT2D eigenvalue weighted by Crippen LogP contribution is 2.59. The summed E-state index contributed by atoms with van der Waals surface area (Å²) in [7, 11) is 0. The second-order valence-corrected chi connectivity index (χ2v) is 5.07. The van der Waals surface area contributed by atoms with Crippen LogP contribution in [0.25, 0.3) is 0 Å². The molecule has 0 aliphatic heterocycles. The first-order valence-electron chi connectivity index (χ1n) is 5.51. The number of hydrogen-bond donors (Lipinski definition) is 2. The predicted molar refractivity (Wildman–Crippen MR) is 59.6 cm³/mol. The van der Waals surface area contributed by atoms with Crippen LogP contribution in [0, 0.1) is 5.82 Å². The lowest BCUT2D eigenvalue weighted by Crippen LogP contribution is -2.68. The van der Waals surface area contributed by atoms with Crippen LogP contribution in [0.4, 0.5) is 48.3 Å². The molecule has 24 heavy (non-hydrogen) atoms. The summed E-state index contributed by atoms with van der Waals surface area (Å²) >= 11 is 3.29. The smallest absolute Gasteiger partial charge is 0.373 e. The van der Waals surface area contributed by atoms with Gasteiger partial charge >= 0.3 is 24.2 Å². The molecule has 0 aliphatic rings. The lowest BCUT2D eigenvalue weighted by molar-refractivity contribution is -0.429. The molecule has 0 saturated heterocycles. The number of thiol groups is 1. The van der Waals surface area contributed by atoms with Crippen LogP contribution in [0.15, 0.2) is 23.1 Å². The summed E-state index contributed by atoms with van der Waals surface area (Å²) in [4.78, 5) is -0.876. The molecule has 0 aliphatic carbocycles. The van der Waals surface area contributed by atoms with Gasteiger partial charge in [0.25, 0.3) is 0 Å². The molecule has 0 amide bonds. The third-order valence-electron chi connectivity index (χ3n) is 2.92. The molecule has 0 unspecified atom stereocenters. The van der Waals surface area contributed by atoms with E-state index in [1.165, 1.54) is 0 Å². The van der Waals surface area contributed by atoms with Gasteiger partial charge in [-0.15, -0.1) is 12.6 Å². The minimum absolute atomic E-state index is 0.161. The fourth-order valence-electron chi connectivity index (χ4n) is 1.75. The Morgan fingerprint density at radius 1 is 0.708 bits per heavy atom. The summed E-state index contributed by atoms with van der Waals surface area (Å²) in [5, 5.41) is 9.32. The van der Waals surface area contributed by atoms with Gasteiger partial charge in [0.2, 0.25) is 5.60 Å². The SMILES string of the molecule is OC(c1cc(F)cc(S)c1)(C(F)(F)C(F)(F)F)C(F)(F)C(F)(F)F. The zero-order chi connectivity index (χ0) is 19.4. The molecule has 0 bridgehead atoms. The summed E-state index contributed by atoms with van der Waals surface area (Å²) in [6.07, 6.45) is -14.0. The van der Waals surface area contributed by atoms with Crippen molar-refractivity contribution in [2.75, 3.05) is 0 Å². The van der Waals surface area contributed by atoms with E-state index < -0.39 is 52.1 Å². The summed E-state index contributed by atoms with van der Waals surface area (Å²) in [5.41, 5.74) is -8.52. The van der Waals surface area contributed by atoms with E-state index >= 15 is 0 Å². The maximum absolute atomic E-state index is 13.5. The first-order chi connectivity index (χ1) is 10.4. The number of benzene rings is 1. The minimum Gasteiger partial charge on any atom is -0.373 e. The van der Waals surface area contributed by atoms with Crippen molar-refractivity contribution in [2.45, 2.75) is 34.7 Å². The van der Waals surface area contributed by atoms with E-state index in [2.05, 4.69) is 12.6 Å². The van der Waals surface area contributed by atoms with Crippen molar-refractivity contribution in [3.05, 3.63) is 29.6 Å². The van der Waals surface area contributed by atoms with Crippen molar-refractivity contribution in [3.8, 4) is 0 Å². The fourth-order valence-corrected chi connectivity index (χ4v) is 2.02. The molecule has 1 nitrogen and oxygen atoms in total. The van der Waals surface area contributed by atoms with E-state index in [-0.39, 0.29) is 6.07 Å². The van der Waals surface area contributed by atoms with E-state index in [0.717, 1.165) is 0 Å². The van der Waals surface area contributed by atoms with Crippen molar-refractivity contribution >= 4 is 12.6 Å². The molecule has 0 atom stereocenters. The molecular weight excluding hydrogens is 389 g/mol. The molecule has 0 spiro atoms. The molecule has 0 aromatic heterocycles. The van der Waals surface area contributed by atoms with Gasteiger partial charge in [-0.05, 0) is 18.2 Å². The average Bonchev–Trinajstić information content (AvgIpc) is 2.33. The maximum Gasteiger partial charge on any atom is 0.457 e. The number of halogens is 11. The Labute approximate surface area is 131 Å². The van der Waals surface area contributed by atoms with E-state index in [0.29, 0.717) is 6.07 Å². The number of rotatable bonds is 3. The second kappa shape index (κ2) is 5.64. The monoisotopic (exact) mass is 394 g/mol. The Bertz CT molecular complexity index is 573. The van der Waals surface area contributed by atoms with E-state index in [9.17, 15) is 53.4 Å². The van der Waals surface area contributed by atoms with Crippen molar-refractivity contribution < 1.29 is 53.4 Å². The van der Waals surface area contributed by atoms with Crippen molar-refractivity contribution in [2.24, 2.45) is 0 Å². The van der Waals surface area contributed by atoms with Gasteiger partial charge in [0.05, 0.1) is 0 Å². The third kappa shape index (κ3) is 2.91. The van der Waals surface area contributed by atoms with Crippen LogP contribution in [0.3, 0.4) is 0 Å². The summed E-state index contributed by atoms with van der Waals surface area (Å²) in [5.74, 6) is -15.8. The molecule has 0 fully saturated rings. The minimum atomic E-state index is -7.01. The zero-order valence-electron chi connectivity index (χ0n) is 10.8. The second-order valence-electron chi connectivity index (χ2n) is 4.55. The Morgan fingerprint density at radius 3 is 1.38 bits per heavy atom. The lowest BCUT2D eigenvalue weighted by Gasteiger charge is -2.42. The van der Waals surface area contributed by atoms with Crippen molar-refractivity contribution in [1.82, 2.24) is 0 Å². The molecule has 1 N–H and O–H groups in total.